The third-order valence-electron chi connectivity index (χ3n) is 2.90. The highest BCUT2D eigenvalue weighted by atomic mass is 16.5. The van der Waals surface area contributed by atoms with Crippen molar-refractivity contribution < 1.29 is 19.1 Å². The molecule has 0 spiro atoms. The molecule has 2 aromatic rings. The molecule has 0 aromatic heterocycles. The SMILES string of the molecule is N#Cc1cccc(COC(=O)c2ccc(OCC(N)=O)cc2)c1. The molecule has 2 aromatic carbocycles. The number of carbonyl (C=O) groups excluding carboxylic acids is 2. The van der Waals surface area contributed by atoms with Crippen molar-refractivity contribution in [2.45, 2.75) is 6.61 Å². The number of hydrogen-bond acceptors (Lipinski definition) is 5. The maximum atomic E-state index is 11.9. The van der Waals surface area contributed by atoms with Gasteiger partial charge in [-0.15, -0.1) is 0 Å². The second-order valence-electron chi connectivity index (χ2n) is 4.67. The molecule has 0 aliphatic heterocycles. The fourth-order valence-electron chi connectivity index (χ4n) is 1.80. The van der Waals surface area contributed by atoms with E-state index in [4.69, 9.17) is 20.5 Å². The molecule has 0 radical (unpaired) electrons. The minimum atomic E-state index is -0.576. The van der Waals surface area contributed by atoms with Crippen LogP contribution < -0.4 is 10.5 Å². The monoisotopic (exact) mass is 310 g/mol. The fourth-order valence-corrected chi connectivity index (χ4v) is 1.80. The number of hydrogen-bond donors (Lipinski definition) is 1. The predicted molar refractivity (Wildman–Crippen MR) is 81.4 cm³/mol. The molecule has 2 rings (SSSR count). The minimum absolute atomic E-state index is 0.0777. The van der Waals surface area contributed by atoms with E-state index >= 15 is 0 Å². The Morgan fingerprint density at radius 1 is 1.13 bits per heavy atom. The van der Waals surface area contributed by atoms with Gasteiger partial charge in [0, 0.05) is 0 Å². The third-order valence-corrected chi connectivity index (χ3v) is 2.90. The van der Waals surface area contributed by atoms with Crippen LogP contribution in [0.1, 0.15) is 21.5 Å². The minimum Gasteiger partial charge on any atom is -0.484 e. The number of amides is 1. The number of primary amides is 1. The summed E-state index contributed by atoms with van der Waals surface area (Å²) in [6.45, 7) is -0.146. The van der Waals surface area contributed by atoms with Gasteiger partial charge in [0.25, 0.3) is 5.91 Å². The summed E-state index contributed by atoms with van der Waals surface area (Å²) in [7, 11) is 0. The van der Waals surface area contributed by atoms with E-state index in [1.807, 2.05) is 6.07 Å². The second kappa shape index (κ2) is 7.61. The molecular formula is C17H14N2O4. The molecule has 6 nitrogen and oxygen atoms in total. The lowest BCUT2D eigenvalue weighted by molar-refractivity contribution is -0.119. The van der Waals surface area contributed by atoms with Crippen LogP contribution in [0.2, 0.25) is 0 Å². The first-order valence-electron chi connectivity index (χ1n) is 6.76. The topological polar surface area (TPSA) is 102 Å². The Bertz CT molecular complexity index is 748. The van der Waals surface area contributed by atoms with Crippen LogP contribution in [-0.4, -0.2) is 18.5 Å². The van der Waals surface area contributed by atoms with Crippen molar-refractivity contribution in [3.8, 4) is 11.8 Å². The van der Waals surface area contributed by atoms with Crippen molar-refractivity contribution in [2.75, 3.05) is 6.61 Å². The van der Waals surface area contributed by atoms with E-state index in [-0.39, 0.29) is 13.2 Å². The Labute approximate surface area is 133 Å². The van der Waals surface area contributed by atoms with Crippen molar-refractivity contribution in [1.29, 1.82) is 5.26 Å². The van der Waals surface area contributed by atoms with Gasteiger partial charge in [0.2, 0.25) is 0 Å². The highest BCUT2D eigenvalue weighted by Crippen LogP contribution is 2.14. The van der Waals surface area contributed by atoms with Crippen LogP contribution in [0.15, 0.2) is 48.5 Å². The van der Waals surface area contributed by atoms with Gasteiger partial charge in [-0.3, -0.25) is 4.79 Å². The number of rotatable bonds is 6. The standard InChI is InChI=1S/C17H14N2O4/c18-9-12-2-1-3-13(8-12)10-23-17(21)14-4-6-15(7-5-14)22-11-16(19)20/h1-8H,10-11H2,(H2,19,20). The Morgan fingerprint density at radius 2 is 1.87 bits per heavy atom. The van der Waals surface area contributed by atoms with Crippen LogP contribution in [-0.2, 0) is 16.1 Å². The molecule has 6 heteroatoms. The number of ether oxygens (including phenoxy) is 2. The zero-order valence-electron chi connectivity index (χ0n) is 12.2. The predicted octanol–water partition coefficient (Wildman–Crippen LogP) is 1.78. The van der Waals surface area contributed by atoms with Crippen LogP contribution >= 0.6 is 0 Å². The van der Waals surface area contributed by atoms with Gasteiger partial charge in [0.1, 0.15) is 12.4 Å². The maximum absolute atomic E-state index is 11.9. The Kier molecular flexibility index (Phi) is 5.31. The van der Waals surface area contributed by atoms with Crippen molar-refractivity contribution >= 4 is 11.9 Å². The Morgan fingerprint density at radius 3 is 2.52 bits per heavy atom. The summed E-state index contributed by atoms with van der Waals surface area (Å²) in [4.78, 5) is 22.6. The number of esters is 1. The van der Waals surface area contributed by atoms with E-state index in [2.05, 4.69) is 0 Å². The van der Waals surface area contributed by atoms with Gasteiger partial charge in [-0.25, -0.2) is 4.79 Å². The summed E-state index contributed by atoms with van der Waals surface area (Å²) in [6.07, 6.45) is 0. The molecule has 0 unspecified atom stereocenters. The molecule has 116 valence electrons. The third kappa shape index (κ3) is 4.86. The summed E-state index contributed by atoms with van der Waals surface area (Å²) in [5.74, 6) is -0.635. The van der Waals surface area contributed by atoms with E-state index < -0.39 is 11.9 Å². The molecule has 0 saturated carbocycles. The normalized spacial score (nSPS) is 9.70. The van der Waals surface area contributed by atoms with Crippen LogP contribution in [0.25, 0.3) is 0 Å². The number of nitriles is 1. The summed E-state index contributed by atoms with van der Waals surface area (Å²) >= 11 is 0. The smallest absolute Gasteiger partial charge is 0.338 e. The summed E-state index contributed by atoms with van der Waals surface area (Å²) < 4.78 is 10.3. The van der Waals surface area contributed by atoms with E-state index in [0.29, 0.717) is 16.9 Å². The van der Waals surface area contributed by atoms with E-state index in [1.54, 1.807) is 36.4 Å². The molecular weight excluding hydrogens is 296 g/mol. The lowest BCUT2D eigenvalue weighted by atomic mass is 10.1. The van der Waals surface area contributed by atoms with Gasteiger partial charge >= 0.3 is 5.97 Å². The lowest BCUT2D eigenvalue weighted by Gasteiger charge is -2.07. The lowest BCUT2D eigenvalue weighted by Crippen LogP contribution is -2.20. The van der Waals surface area contributed by atoms with Crippen LogP contribution in [0.3, 0.4) is 0 Å². The average molecular weight is 310 g/mol. The Balaban J connectivity index is 1.92. The number of nitrogens with two attached hydrogens (primary N) is 1. The number of nitrogens with zero attached hydrogens (tertiary/aromatic N) is 1. The molecule has 23 heavy (non-hydrogen) atoms. The zero-order chi connectivity index (χ0) is 16.7. The first kappa shape index (κ1) is 16.0. The van der Waals surface area contributed by atoms with Gasteiger partial charge in [0.15, 0.2) is 6.61 Å². The summed E-state index contributed by atoms with van der Waals surface area (Å²) in [5, 5.41) is 8.82. The Hall–Kier alpha value is -3.33. The quantitative estimate of drug-likeness (QED) is 0.819. The average Bonchev–Trinajstić information content (AvgIpc) is 2.58. The van der Waals surface area contributed by atoms with Gasteiger partial charge in [-0.1, -0.05) is 12.1 Å². The fraction of sp³-hybridized carbons (Fsp3) is 0.118. The molecule has 0 aliphatic rings. The van der Waals surface area contributed by atoms with Crippen molar-refractivity contribution in [3.05, 3.63) is 65.2 Å². The maximum Gasteiger partial charge on any atom is 0.338 e. The molecule has 0 heterocycles. The summed E-state index contributed by atoms with van der Waals surface area (Å²) in [5.41, 5.74) is 6.57. The van der Waals surface area contributed by atoms with E-state index in [9.17, 15) is 9.59 Å². The van der Waals surface area contributed by atoms with Crippen LogP contribution in [0, 0.1) is 11.3 Å². The molecule has 1 amide bonds. The second-order valence-corrected chi connectivity index (χ2v) is 4.67. The number of benzene rings is 2. The molecule has 0 fully saturated rings. The largest absolute Gasteiger partial charge is 0.484 e. The van der Waals surface area contributed by atoms with Gasteiger partial charge in [-0.05, 0) is 42.0 Å². The van der Waals surface area contributed by atoms with Crippen LogP contribution in [0.4, 0.5) is 0 Å². The van der Waals surface area contributed by atoms with Crippen molar-refractivity contribution in [2.24, 2.45) is 5.73 Å². The molecule has 0 saturated heterocycles. The zero-order valence-corrected chi connectivity index (χ0v) is 12.2. The molecule has 2 N–H and O–H groups in total. The van der Waals surface area contributed by atoms with Crippen LogP contribution in [0.5, 0.6) is 5.75 Å². The van der Waals surface area contributed by atoms with Gasteiger partial charge in [-0.2, -0.15) is 5.26 Å². The summed E-state index contributed by atoms with van der Waals surface area (Å²) in [6, 6.07) is 15.0. The van der Waals surface area contributed by atoms with E-state index in [0.717, 1.165) is 5.56 Å². The molecule has 0 atom stereocenters. The van der Waals surface area contributed by atoms with Crippen molar-refractivity contribution in [1.82, 2.24) is 0 Å². The van der Waals surface area contributed by atoms with Gasteiger partial charge in [0.05, 0.1) is 17.2 Å². The van der Waals surface area contributed by atoms with Gasteiger partial charge < -0.3 is 15.2 Å². The first-order valence-corrected chi connectivity index (χ1v) is 6.76. The molecule has 0 bridgehead atoms. The first-order chi connectivity index (χ1) is 11.1. The highest BCUT2D eigenvalue weighted by molar-refractivity contribution is 5.89. The van der Waals surface area contributed by atoms with E-state index in [1.165, 1.54) is 12.1 Å². The molecule has 0 aliphatic carbocycles. The number of carbonyl (C=O) groups is 2. The highest BCUT2D eigenvalue weighted by Gasteiger charge is 2.08. The van der Waals surface area contributed by atoms with Crippen molar-refractivity contribution in [3.63, 3.8) is 0 Å².